The van der Waals surface area contributed by atoms with Gasteiger partial charge in [0.15, 0.2) is 0 Å². The number of hydrogen-bond donors (Lipinski definition) is 1. The molecule has 0 radical (unpaired) electrons. The monoisotopic (exact) mass is 207 g/mol. The summed E-state index contributed by atoms with van der Waals surface area (Å²) in [6, 6.07) is 2.33. The van der Waals surface area contributed by atoms with Crippen molar-refractivity contribution in [3.63, 3.8) is 0 Å². The molecule has 2 unspecified atom stereocenters. The summed E-state index contributed by atoms with van der Waals surface area (Å²) in [6.07, 6.45) is 6.74. The van der Waals surface area contributed by atoms with Gasteiger partial charge in [0.05, 0.1) is 17.4 Å². The van der Waals surface area contributed by atoms with E-state index < -0.39 is 11.4 Å². The third kappa shape index (κ3) is 1.73. The standard InChI is InChI=1S/C12H17NO2/c13-8-9-4-2-1-3-5-10(9)12(6-7-12)11(14)15/h9-10H,1-7H2,(H,14,15). The van der Waals surface area contributed by atoms with Crippen LogP contribution >= 0.6 is 0 Å². The molecule has 0 spiro atoms. The molecular formula is C12H17NO2. The first-order valence-corrected chi connectivity index (χ1v) is 5.84. The van der Waals surface area contributed by atoms with Crippen molar-refractivity contribution >= 4 is 5.97 Å². The number of hydrogen-bond acceptors (Lipinski definition) is 2. The van der Waals surface area contributed by atoms with Gasteiger partial charge >= 0.3 is 5.97 Å². The quantitative estimate of drug-likeness (QED) is 0.708. The molecule has 0 aromatic rings. The Balaban J connectivity index is 2.18. The molecule has 82 valence electrons. The van der Waals surface area contributed by atoms with Crippen molar-refractivity contribution in [2.24, 2.45) is 17.3 Å². The normalized spacial score (nSPS) is 33.8. The number of aliphatic carboxylic acids is 1. The highest BCUT2D eigenvalue weighted by molar-refractivity contribution is 5.78. The van der Waals surface area contributed by atoms with Gasteiger partial charge in [0, 0.05) is 0 Å². The highest BCUT2D eigenvalue weighted by Crippen LogP contribution is 2.57. The molecule has 2 aliphatic rings. The summed E-state index contributed by atoms with van der Waals surface area (Å²) in [7, 11) is 0. The van der Waals surface area contributed by atoms with Crippen LogP contribution in [0.25, 0.3) is 0 Å². The molecule has 0 saturated heterocycles. The second-order valence-electron chi connectivity index (χ2n) is 4.94. The third-order valence-corrected chi connectivity index (χ3v) is 4.11. The van der Waals surface area contributed by atoms with Gasteiger partial charge in [0.25, 0.3) is 0 Å². The largest absolute Gasteiger partial charge is 0.481 e. The number of carboxylic acid groups (broad SMARTS) is 1. The van der Waals surface area contributed by atoms with E-state index in [1.165, 1.54) is 0 Å². The first-order chi connectivity index (χ1) is 7.20. The van der Waals surface area contributed by atoms with Gasteiger partial charge in [0.1, 0.15) is 0 Å². The van der Waals surface area contributed by atoms with Crippen molar-refractivity contribution in [1.82, 2.24) is 0 Å². The van der Waals surface area contributed by atoms with Gasteiger partial charge in [-0.05, 0) is 31.6 Å². The van der Waals surface area contributed by atoms with Gasteiger partial charge in [-0.2, -0.15) is 5.26 Å². The predicted molar refractivity (Wildman–Crippen MR) is 55.0 cm³/mol. The van der Waals surface area contributed by atoms with Crippen LogP contribution in [0.5, 0.6) is 0 Å². The van der Waals surface area contributed by atoms with E-state index >= 15 is 0 Å². The van der Waals surface area contributed by atoms with Crippen LogP contribution in [0.2, 0.25) is 0 Å². The van der Waals surface area contributed by atoms with Gasteiger partial charge in [0.2, 0.25) is 0 Å². The molecule has 0 aromatic heterocycles. The molecule has 3 nitrogen and oxygen atoms in total. The molecule has 0 bridgehead atoms. The maximum absolute atomic E-state index is 11.2. The Morgan fingerprint density at radius 1 is 1.27 bits per heavy atom. The smallest absolute Gasteiger partial charge is 0.309 e. The molecule has 2 saturated carbocycles. The lowest BCUT2D eigenvalue weighted by molar-refractivity contribution is -0.146. The first-order valence-electron chi connectivity index (χ1n) is 5.84. The SMILES string of the molecule is N#CC1CCCCCC1C1(C(=O)O)CC1. The Hall–Kier alpha value is -1.04. The molecule has 2 atom stereocenters. The molecule has 0 aliphatic heterocycles. The molecule has 0 amide bonds. The Bertz CT molecular complexity index is 301. The number of carbonyl (C=O) groups is 1. The summed E-state index contributed by atoms with van der Waals surface area (Å²) in [5.41, 5.74) is -0.523. The average molecular weight is 207 g/mol. The first kappa shape index (κ1) is 10.5. The van der Waals surface area contributed by atoms with E-state index in [1.807, 2.05) is 0 Å². The van der Waals surface area contributed by atoms with E-state index in [0.29, 0.717) is 0 Å². The Morgan fingerprint density at radius 3 is 2.47 bits per heavy atom. The second kappa shape index (κ2) is 3.84. The van der Waals surface area contributed by atoms with Crippen molar-refractivity contribution in [2.45, 2.75) is 44.9 Å². The molecule has 2 aliphatic carbocycles. The molecule has 2 fully saturated rings. The number of rotatable bonds is 2. The lowest BCUT2D eigenvalue weighted by Crippen LogP contribution is -2.30. The van der Waals surface area contributed by atoms with E-state index in [-0.39, 0.29) is 11.8 Å². The van der Waals surface area contributed by atoms with Crippen molar-refractivity contribution in [3.05, 3.63) is 0 Å². The van der Waals surface area contributed by atoms with Crippen LogP contribution in [0.4, 0.5) is 0 Å². The van der Waals surface area contributed by atoms with Gasteiger partial charge in [-0.3, -0.25) is 4.79 Å². The number of carboxylic acids is 1. The molecule has 1 N–H and O–H groups in total. The average Bonchev–Trinajstić information content (AvgIpc) is 3.02. The third-order valence-electron chi connectivity index (χ3n) is 4.11. The topological polar surface area (TPSA) is 61.1 Å². The maximum atomic E-state index is 11.2. The fourth-order valence-electron chi connectivity index (χ4n) is 3.00. The van der Waals surface area contributed by atoms with Gasteiger partial charge in [-0.15, -0.1) is 0 Å². The Labute approximate surface area is 90.1 Å². The van der Waals surface area contributed by atoms with Crippen LogP contribution in [-0.2, 0) is 4.79 Å². The zero-order valence-electron chi connectivity index (χ0n) is 8.91. The summed E-state index contributed by atoms with van der Waals surface area (Å²) in [4.78, 5) is 11.2. The molecular weight excluding hydrogens is 190 g/mol. The zero-order chi connectivity index (χ0) is 10.9. The Kier molecular flexibility index (Phi) is 2.68. The van der Waals surface area contributed by atoms with Crippen LogP contribution in [0.1, 0.15) is 44.9 Å². The van der Waals surface area contributed by atoms with E-state index in [2.05, 4.69) is 6.07 Å². The molecule has 15 heavy (non-hydrogen) atoms. The van der Waals surface area contributed by atoms with Crippen molar-refractivity contribution in [3.8, 4) is 6.07 Å². The second-order valence-corrected chi connectivity index (χ2v) is 4.94. The summed E-state index contributed by atoms with van der Waals surface area (Å²) >= 11 is 0. The summed E-state index contributed by atoms with van der Waals surface area (Å²) in [6.45, 7) is 0. The predicted octanol–water partition coefficient (Wildman–Crippen LogP) is 2.57. The van der Waals surface area contributed by atoms with Crippen molar-refractivity contribution < 1.29 is 9.90 Å². The summed E-state index contributed by atoms with van der Waals surface area (Å²) < 4.78 is 0. The Morgan fingerprint density at radius 2 is 1.93 bits per heavy atom. The molecule has 0 aromatic carbocycles. The lowest BCUT2D eigenvalue weighted by Gasteiger charge is -2.25. The summed E-state index contributed by atoms with van der Waals surface area (Å²) in [5.74, 6) is -0.580. The minimum atomic E-state index is -0.672. The van der Waals surface area contributed by atoms with E-state index in [0.717, 1.165) is 44.9 Å². The highest BCUT2D eigenvalue weighted by Gasteiger charge is 2.57. The van der Waals surface area contributed by atoms with E-state index in [1.54, 1.807) is 0 Å². The van der Waals surface area contributed by atoms with Gasteiger partial charge in [-0.1, -0.05) is 19.3 Å². The van der Waals surface area contributed by atoms with Crippen LogP contribution in [0.3, 0.4) is 0 Å². The fraction of sp³-hybridized carbons (Fsp3) is 0.833. The minimum Gasteiger partial charge on any atom is -0.481 e. The summed E-state index contributed by atoms with van der Waals surface area (Å²) in [5, 5.41) is 18.4. The van der Waals surface area contributed by atoms with Crippen LogP contribution < -0.4 is 0 Å². The van der Waals surface area contributed by atoms with Crippen molar-refractivity contribution in [1.29, 1.82) is 5.26 Å². The number of nitrogens with zero attached hydrogens (tertiary/aromatic N) is 1. The fourth-order valence-corrected chi connectivity index (χ4v) is 3.00. The van der Waals surface area contributed by atoms with Crippen LogP contribution in [0.15, 0.2) is 0 Å². The number of nitriles is 1. The van der Waals surface area contributed by atoms with E-state index in [9.17, 15) is 9.90 Å². The van der Waals surface area contributed by atoms with E-state index in [4.69, 9.17) is 5.26 Å². The zero-order valence-corrected chi connectivity index (χ0v) is 8.91. The van der Waals surface area contributed by atoms with Crippen molar-refractivity contribution in [2.75, 3.05) is 0 Å². The van der Waals surface area contributed by atoms with Crippen LogP contribution in [0, 0.1) is 28.6 Å². The van der Waals surface area contributed by atoms with Gasteiger partial charge in [-0.25, -0.2) is 0 Å². The minimum absolute atomic E-state index is 0.0221. The van der Waals surface area contributed by atoms with Gasteiger partial charge < -0.3 is 5.11 Å². The molecule has 2 rings (SSSR count). The van der Waals surface area contributed by atoms with Crippen LogP contribution in [-0.4, -0.2) is 11.1 Å². The molecule has 0 heterocycles. The maximum Gasteiger partial charge on any atom is 0.309 e. The highest BCUT2D eigenvalue weighted by atomic mass is 16.4. The molecule has 3 heteroatoms. The lowest BCUT2D eigenvalue weighted by atomic mass is 9.76.